The van der Waals surface area contributed by atoms with Crippen LogP contribution in [-0.4, -0.2) is 0 Å². The predicted octanol–water partition coefficient (Wildman–Crippen LogP) is 5.13. The summed E-state index contributed by atoms with van der Waals surface area (Å²) < 4.78 is 0. The summed E-state index contributed by atoms with van der Waals surface area (Å²) in [6.45, 7) is 8.23. The second kappa shape index (κ2) is 10.1. The smallest absolute Gasteiger partial charge is 0.00885 e. The first-order valence-corrected chi connectivity index (χ1v) is 8.70. The van der Waals surface area contributed by atoms with Crippen LogP contribution in [0.5, 0.6) is 0 Å². The lowest BCUT2D eigenvalue weighted by Gasteiger charge is -2.00. The lowest BCUT2D eigenvalue weighted by atomic mass is 10.1. The Kier molecular flexibility index (Phi) is 7.46. The van der Waals surface area contributed by atoms with Gasteiger partial charge in [0.15, 0.2) is 0 Å². The molecule has 0 bridgehead atoms. The Balaban J connectivity index is 2.35. The maximum absolute atomic E-state index is 4.15. The Hall–Kier alpha value is -2.86. The molecule has 0 unspecified atom stereocenters. The van der Waals surface area contributed by atoms with Gasteiger partial charge in [0.25, 0.3) is 0 Å². The van der Waals surface area contributed by atoms with Crippen LogP contribution in [0, 0.1) is 0 Å². The van der Waals surface area contributed by atoms with E-state index in [-0.39, 0.29) is 0 Å². The molecule has 2 aromatic rings. The van der Waals surface area contributed by atoms with Gasteiger partial charge in [0.05, 0.1) is 0 Å². The van der Waals surface area contributed by atoms with Gasteiger partial charge in [-0.15, -0.1) is 0 Å². The Labute approximate surface area is 151 Å². The van der Waals surface area contributed by atoms with Crippen LogP contribution in [0.1, 0.15) is 19.4 Å². The van der Waals surface area contributed by atoms with Crippen LogP contribution in [0.25, 0.3) is 12.2 Å². The molecule has 0 saturated heterocycles. The molecule has 0 heterocycles. The normalized spacial score (nSPS) is 13.9. The van der Waals surface area contributed by atoms with E-state index < -0.39 is 0 Å². The summed E-state index contributed by atoms with van der Waals surface area (Å²) >= 11 is 0. The summed E-state index contributed by atoms with van der Waals surface area (Å²) in [6.07, 6.45) is 15.9. The standard InChI is InChI=1S/C25H26/c1-4-11-22(17-18-23-14-7-6-8-15-23)19-20-24(12-5-2)25-16-10-9-13-21(25)3/h4-17,19-20H,3,18H2,1-2H3/b11-4-,12-5-,20-19-,22-17+,25-24+. The molecule has 126 valence electrons. The lowest BCUT2D eigenvalue weighted by molar-refractivity contribution is 1.26. The van der Waals surface area contributed by atoms with Gasteiger partial charge in [-0.2, -0.15) is 0 Å². The van der Waals surface area contributed by atoms with Crippen molar-refractivity contribution in [3.63, 3.8) is 0 Å². The van der Waals surface area contributed by atoms with Crippen molar-refractivity contribution in [3.8, 4) is 0 Å². The third kappa shape index (κ3) is 5.93. The highest BCUT2D eigenvalue weighted by molar-refractivity contribution is 5.67. The van der Waals surface area contributed by atoms with Gasteiger partial charge >= 0.3 is 0 Å². The number of hydrogen-bond acceptors (Lipinski definition) is 0. The molecule has 0 atom stereocenters. The van der Waals surface area contributed by atoms with Crippen molar-refractivity contribution in [2.24, 2.45) is 0 Å². The summed E-state index contributed by atoms with van der Waals surface area (Å²) in [5.41, 5.74) is 3.69. The first-order valence-electron chi connectivity index (χ1n) is 8.70. The van der Waals surface area contributed by atoms with Crippen molar-refractivity contribution >= 4 is 12.2 Å². The fourth-order valence-electron chi connectivity index (χ4n) is 2.64. The molecule has 0 fully saturated rings. The topological polar surface area (TPSA) is 0 Å². The summed E-state index contributed by atoms with van der Waals surface area (Å²) in [5, 5.41) is 2.21. The van der Waals surface area contributed by atoms with E-state index in [1.54, 1.807) is 0 Å². The van der Waals surface area contributed by atoms with Gasteiger partial charge in [0.2, 0.25) is 0 Å². The lowest BCUT2D eigenvalue weighted by Crippen LogP contribution is -2.23. The van der Waals surface area contributed by atoms with E-state index in [4.69, 9.17) is 0 Å². The molecule has 0 amide bonds. The highest BCUT2D eigenvalue weighted by Crippen LogP contribution is 2.08. The van der Waals surface area contributed by atoms with E-state index in [1.165, 1.54) is 21.9 Å². The van der Waals surface area contributed by atoms with E-state index in [0.29, 0.717) is 0 Å². The second-order valence-corrected chi connectivity index (χ2v) is 5.84. The summed E-state index contributed by atoms with van der Waals surface area (Å²) in [5.74, 6) is 0. The van der Waals surface area contributed by atoms with Crippen molar-refractivity contribution < 1.29 is 0 Å². The van der Waals surface area contributed by atoms with Gasteiger partial charge in [0.1, 0.15) is 0 Å². The third-order valence-electron chi connectivity index (χ3n) is 3.91. The molecule has 0 aromatic heterocycles. The molecule has 0 spiro atoms. The molecule has 0 aliphatic rings. The highest BCUT2D eigenvalue weighted by Gasteiger charge is 1.93. The Morgan fingerprint density at radius 2 is 1.48 bits per heavy atom. The highest BCUT2D eigenvalue weighted by atomic mass is 14.0. The van der Waals surface area contributed by atoms with Crippen LogP contribution in [0.15, 0.2) is 103 Å². The predicted molar refractivity (Wildman–Crippen MR) is 112 cm³/mol. The minimum atomic E-state index is 0.926. The van der Waals surface area contributed by atoms with E-state index >= 15 is 0 Å². The quantitative estimate of drug-likeness (QED) is 0.646. The maximum atomic E-state index is 4.15. The molecule has 0 aliphatic carbocycles. The zero-order chi connectivity index (χ0) is 17.9. The Morgan fingerprint density at radius 1 is 0.800 bits per heavy atom. The molecule has 2 rings (SSSR count). The van der Waals surface area contributed by atoms with Crippen molar-refractivity contribution in [1.29, 1.82) is 0 Å². The monoisotopic (exact) mass is 326 g/mol. The first-order chi connectivity index (χ1) is 12.2. The minimum absolute atomic E-state index is 0.926. The van der Waals surface area contributed by atoms with Crippen LogP contribution in [-0.2, 0) is 6.42 Å². The Morgan fingerprint density at radius 3 is 2.16 bits per heavy atom. The molecule has 0 radical (unpaired) electrons. The van der Waals surface area contributed by atoms with Crippen molar-refractivity contribution in [2.45, 2.75) is 20.3 Å². The van der Waals surface area contributed by atoms with Gasteiger partial charge in [-0.25, -0.2) is 0 Å². The average molecular weight is 326 g/mol. The number of allylic oxidation sites excluding steroid dienone is 8. The van der Waals surface area contributed by atoms with Crippen LogP contribution >= 0.6 is 0 Å². The zero-order valence-electron chi connectivity index (χ0n) is 15.2. The fraction of sp³-hybridized carbons (Fsp3) is 0.120. The van der Waals surface area contributed by atoms with Crippen molar-refractivity contribution in [2.75, 3.05) is 0 Å². The molecule has 0 saturated carbocycles. The summed E-state index contributed by atoms with van der Waals surface area (Å²) in [6, 6.07) is 18.8. The number of hydrogen-bond donors (Lipinski definition) is 0. The van der Waals surface area contributed by atoms with Crippen LogP contribution in [0.4, 0.5) is 0 Å². The van der Waals surface area contributed by atoms with E-state index in [1.807, 2.05) is 26.0 Å². The molecule has 25 heavy (non-hydrogen) atoms. The minimum Gasteiger partial charge on any atom is -0.0911 e. The number of rotatable bonds is 6. The largest absolute Gasteiger partial charge is 0.0911 e. The SMILES string of the molecule is C=c1cccc/c1=C(/C=C\C)\C=C/C(/C=C\C)=C/Cc1ccccc1. The van der Waals surface area contributed by atoms with E-state index in [2.05, 4.69) is 91.6 Å². The molecular formula is C25H26. The van der Waals surface area contributed by atoms with Gasteiger partial charge in [-0.3, -0.25) is 0 Å². The van der Waals surface area contributed by atoms with Gasteiger partial charge in [-0.05, 0) is 47.4 Å². The van der Waals surface area contributed by atoms with Crippen molar-refractivity contribution in [1.82, 2.24) is 0 Å². The Bertz CT molecular complexity index is 891. The van der Waals surface area contributed by atoms with Gasteiger partial charge in [0, 0.05) is 0 Å². The molecular weight excluding hydrogens is 300 g/mol. The average Bonchev–Trinajstić information content (AvgIpc) is 2.64. The molecule has 2 aromatic carbocycles. The summed E-state index contributed by atoms with van der Waals surface area (Å²) in [4.78, 5) is 0. The van der Waals surface area contributed by atoms with E-state index in [9.17, 15) is 0 Å². The first kappa shape index (κ1) is 18.5. The fourth-order valence-corrected chi connectivity index (χ4v) is 2.64. The summed E-state index contributed by atoms with van der Waals surface area (Å²) in [7, 11) is 0. The van der Waals surface area contributed by atoms with Gasteiger partial charge < -0.3 is 0 Å². The van der Waals surface area contributed by atoms with Crippen LogP contribution in [0.2, 0.25) is 0 Å². The maximum Gasteiger partial charge on any atom is -0.00885 e. The molecule has 0 aliphatic heterocycles. The zero-order valence-corrected chi connectivity index (χ0v) is 15.2. The second-order valence-electron chi connectivity index (χ2n) is 5.84. The van der Waals surface area contributed by atoms with Crippen LogP contribution < -0.4 is 10.4 Å². The molecule has 0 N–H and O–H groups in total. The number of benzene rings is 2. The molecule has 0 nitrogen and oxygen atoms in total. The van der Waals surface area contributed by atoms with Gasteiger partial charge in [-0.1, -0.05) is 104 Å². The molecule has 0 heteroatoms. The van der Waals surface area contributed by atoms with Crippen molar-refractivity contribution in [3.05, 3.63) is 119 Å². The van der Waals surface area contributed by atoms with Crippen LogP contribution in [0.3, 0.4) is 0 Å². The third-order valence-corrected chi connectivity index (χ3v) is 3.91. The van der Waals surface area contributed by atoms with E-state index in [0.717, 1.165) is 11.6 Å².